The quantitative estimate of drug-likeness (QED) is 0.585. The van der Waals surface area contributed by atoms with Gasteiger partial charge in [-0.15, -0.1) is 0 Å². The van der Waals surface area contributed by atoms with Gasteiger partial charge in [-0.05, 0) is 49.0 Å². The van der Waals surface area contributed by atoms with E-state index >= 15 is 0 Å². The highest BCUT2D eigenvalue weighted by molar-refractivity contribution is 7.54. The Morgan fingerprint density at radius 1 is 0.893 bits per heavy atom. The van der Waals surface area contributed by atoms with Crippen LogP contribution in [0.2, 0.25) is 0 Å². The smallest absolute Gasteiger partial charge is 0.345 e. The Kier molecular flexibility index (Phi) is 8.30. The maximum atomic E-state index is 13.7. The Balaban J connectivity index is 2.08. The van der Waals surface area contributed by atoms with Crippen LogP contribution >= 0.6 is 15.3 Å². The molecule has 2 aliphatic rings. The van der Waals surface area contributed by atoms with Gasteiger partial charge in [0.05, 0.1) is 31.0 Å². The Hall–Kier alpha value is 0.140. The molecular weight excluding hydrogens is 406 g/mol. The lowest BCUT2D eigenvalue weighted by atomic mass is 10.2. The fourth-order valence-corrected chi connectivity index (χ4v) is 7.04. The van der Waals surface area contributed by atoms with Gasteiger partial charge in [0.2, 0.25) is 0 Å². The van der Waals surface area contributed by atoms with Crippen LogP contribution in [0, 0.1) is 0 Å². The molecule has 0 aliphatic carbocycles. The molecule has 1 N–H and O–H groups in total. The van der Waals surface area contributed by atoms with Crippen molar-refractivity contribution in [3.05, 3.63) is 0 Å². The zero-order valence-corrected chi connectivity index (χ0v) is 19.8. The van der Waals surface area contributed by atoms with E-state index in [0.29, 0.717) is 19.6 Å². The van der Waals surface area contributed by atoms with Crippen molar-refractivity contribution in [1.29, 1.82) is 0 Å². The molecule has 2 rings (SSSR count). The van der Waals surface area contributed by atoms with Crippen molar-refractivity contribution >= 4 is 15.3 Å². The molecule has 0 amide bonds. The fourth-order valence-electron chi connectivity index (χ4n) is 3.57. The third-order valence-electron chi connectivity index (χ3n) is 4.89. The van der Waals surface area contributed by atoms with E-state index in [4.69, 9.17) is 14.0 Å². The molecule has 10 nitrogen and oxygen atoms in total. The van der Waals surface area contributed by atoms with Gasteiger partial charge in [-0.2, -0.15) is 0 Å². The second-order valence-corrected chi connectivity index (χ2v) is 13.1. The first-order chi connectivity index (χ1) is 12.9. The molecular formula is C16H36N4O6P2. The molecule has 0 aromatic heterocycles. The molecule has 0 aromatic rings. The lowest BCUT2D eigenvalue weighted by Crippen LogP contribution is -2.49. The van der Waals surface area contributed by atoms with E-state index in [0.717, 1.165) is 0 Å². The fraction of sp³-hybridized carbons (Fsp3) is 1.00. The summed E-state index contributed by atoms with van der Waals surface area (Å²) in [5.41, 5.74) is 0. The van der Waals surface area contributed by atoms with Crippen molar-refractivity contribution < 1.29 is 28.0 Å². The molecule has 6 atom stereocenters. The highest BCUT2D eigenvalue weighted by Crippen LogP contribution is 2.54. The topological polar surface area (TPSA) is 95.0 Å². The number of rotatable bonds is 7. The second kappa shape index (κ2) is 9.52. The summed E-state index contributed by atoms with van der Waals surface area (Å²) in [6.07, 6.45) is -0.761. The van der Waals surface area contributed by atoms with Crippen molar-refractivity contribution in [2.45, 2.75) is 45.2 Å². The minimum absolute atomic E-state index is 0.0394. The minimum Gasteiger partial charge on any atom is -0.373 e. The maximum absolute atomic E-state index is 13.7. The van der Waals surface area contributed by atoms with Gasteiger partial charge in [-0.3, -0.25) is 9.13 Å². The summed E-state index contributed by atoms with van der Waals surface area (Å²) in [6.45, 7) is 7.45. The number of nitrogens with zero attached hydrogens (tertiary/aromatic N) is 4. The average Bonchev–Trinajstić information content (AvgIpc) is 2.58. The number of hydrogen-bond donors (Lipinski definition) is 1. The van der Waals surface area contributed by atoms with E-state index in [1.54, 1.807) is 32.9 Å². The minimum atomic E-state index is -3.62. The molecule has 0 spiro atoms. The molecule has 0 aromatic carbocycles. The molecule has 2 aliphatic heterocycles. The van der Waals surface area contributed by atoms with Gasteiger partial charge in [-0.1, -0.05) is 0 Å². The zero-order chi connectivity index (χ0) is 21.3. The van der Waals surface area contributed by atoms with Gasteiger partial charge < -0.3 is 18.9 Å². The average molecular weight is 442 g/mol. The molecule has 2 fully saturated rings. The summed E-state index contributed by atoms with van der Waals surface area (Å²) < 4.78 is 50.2. The monoisotopic (exact) mass is 442 g/mol. The first-order valence-electron chi connectivity index (χ1n) is 9.61. The lowest BCUT2D eigenvalue weighted by Gasteiger charge is -2.43. The maximum Gasteiger partial charge on any atom is 0.345 e. The molecule has 12 heteroatoms. The predicted octanol–water partition coefficient (Wildman–Crippen LogP) is 1.53. The highest BCUT2D eigenvalue weighted by Gasteiger charge is 2.42. The summed E-state index contributed by atoms with van der Waals surface area (Å²) in [6, 6.07) is 0. The van der Waals surface area contributed by atoms with E-state index in [2.05, 4.69) is 0 Å². The van der Waals surface area contributed by atoms with Crippen LogP contribution in [-0.4, -0.2) is 109 Å². The van der Waals surface area contributed by atoms with Crippen molar-refractivity contribution in [1.82, 2.24) is 18.7 Å². The van der Waals surface area contributed by atoms with Crippen LogP contribution in [-0.2, 0) is 23.1 Å². The molecule has 0 bridgehead atoms. The molecule has 2 saturated heterocycles. The largest absolute Gasteiger partial charge is 0.373 e. The second-order valence-electron chi connectivity index (χ2n) is 8.06. The van der Waals surface area contributed by atoms with Crippen LogP contribution in [0.4, 0.5) is 0 Å². The van der Waals surface area contributed by atoms with Crippen LogP contribution in [0.3, 0.4) is 0 Å². The van der Waals surface area contributed by atoms with Crippen LogP contribution < -0.4 is 0 Å². The Bertz CT molecular complexity index is 612. The van der Waals surface area contributed by atoms with Crippen LogP contribution in [0.5, 0.6) is 0 Å². The zero-order valence-electron chi connectivity index (χ0n) is 18.0. The van der Waals surface area contributed by atoms with Crippen molar-refractivity contribution in [3.8, 4) is 0 Å². The van der Waals surface area contributed by atoms with Crippen molar-refractivity contribution in [3.63, 3.8) is 0 Å². The lowest BCUT2D eigenvalue weighted by molar-refractivity contribution is -0.0798. The molecule has 0 radical (unpaired) electrons. The van der Waals surface area contributed by atoms with Gasteiger partial charge in [0.15, 0.2) is 0 Å². The van der Waals surface area contributed by atoms with Crippen molar-refractivity contribution in [2.24, 2.45) is 0 Å². The number of hydrogen-bond acceptors (Lipinski definition) is 5. The van der Waals surface area contributed by atoms with E-state index in [9.17, 15) is 14.0 Å². The van der Waals surface area contributed by atoms with Crippen molar-refractivity contribution in [2.75, 3.05) is 61.0 Å². The summed E-state index contributed by atoms with van der Waals surface area (Å²) >= 11 is 0. The van der Waals surface area contributed by atoms with E-state index < -0.39 is 21.4 Å². The number of ether oxygens (including phenoxy) is 2. The molecule has 6 unspecified atom stereocenters. The summed E-state index contributed by atoms with van der Waals surface area (Å²) in [5, 5.41) is 0. The summed E-state index contributed by atoms with van der Waals surface area (Å²) in [7, 11) is -0.259. The SMILES string of the molecule is CC1CN(P(=O)(OCC2CN(P(=O)(O)N(C)C)CC(C)O2)N(C)C)CC(C)O1. The van der Waals surface area contributed by atoms with Gasteiger partial charge in [0.1, 0.15) is 0 Å². The molecule has 0 saturated carbocycles. The van der Waals surface area contributed by atoms with Gasteiger partial charge >= 0.3 is 15.3 Å². The standard InChI is InChI=1S/C16H36N4O6P2/c1-13-9-20(10-14(2)25-13)28(23,18(6)7)24-12-16-11-19(8-15(3)26-16)27(21,22)17(4)5/h13-16H,8-12H2,1-7H3,(H,21,22). The Morgan fingerprint density at radius 3 is 1.89 bits per heavy atom. The molecule has 2 heterocycles. The van der Waals surface area contributed by atoms with Crippen LogP contribution in [0.25, 0.3) is 0 Å². The third kappa shape index (κ3) is 5.64. The normalized spacial score (nSPS) is 35.1. The van der Waals surface area contributed by atoms with Gasteiger partial charge in [-0.25, -0.2) is 18.7 Å². The predicted molar refractivity (Wildman–Crippen MR) is 108 cm³/mol. The summed E-state index contributed by atoms with van der Waals surface area (Å²) in [4.78, 5) is 10.4. The van der Waals surface area contributed by atoms with Crippen LogP contribution in [0.15, 0.2) is 0 Å². The van der Waals surface area contributed by atoms with Gasteiger partial charge in [0.25, 0.3) is 0 Å². The van der Waals surface area contributed by atoms with E-state index in [1.165, 1.54) is 9.34 Å². The Morgan fingerprint density at radius 2 is 1.39 bits per heavy atom. The van der Waals surface area contributed by atoms with Crippen LogP contribution in [0.1, 0.15) is 20.8 Å². The van der Waals surface area contributed by atoms with Gasteiger partial charge in [0, 0.05) is 26.2 Å². The third-order valence-corrected chi connectivity index (χ3v) is 9.53. The summed E-state index contributed by atoms with van der Waals surface area (Å²) in [5.74, 6) is 0. The first kappa shape index (κ1) is 24.4. The first-order valence-corrected chi connectivity index (χ1v) is 12.7. The Labute approximate surface area is 168 Å². The number of morpholine rings is 2. The molecule has 28 heavy (non-hydrogen) atoms. The highest BCUT2D eigenvalue weighted by atomic mass is 31.2. The van der Waals surface area contributed by atoms with E-state index in [-0.39, 0.29) is 31.5 Å². The molecule has 166 valence electrons. The van der Waals surface area contributed by atoms with E-state index in [1.807, 2.05) is 25.4 Å².